The number of ketones is 1. The Kier molecular flexibility index (Phi) is 5.39. The molecule has 5 nitrogen and oxygen atoms in total. The smallest absolute Gasteiger partial charge is 0.169 e. The standard InChI is InChI=1S/C14H18BrNO4/c1-18-12-4-3-10(14(19-2)13(12)15)11(17)7-9-8-16-5-6-20-9/h3-4,9,16H,5-8H2,1-2H3. The maximum absolute atomic E-state index is 12.4. The van der Waals surface area contributed by atoms with Crippen LogP contribution in [-0.4, -0.2) is 45.8 Å². The van der Waals surface area contributed by atoms with E-state index < -0.39 is 0 Å². The van der Waals surface area contributed by atoms with Crippen molar-refractivity contribution in [3.05, 3.63) is 22.2 Å². The lowest BCUT2D eigenvalue weighted by atomic mass is 10.0. The van der Waals surface area contributed by atoms with E-state index in [0.717, 1.165) is 6.54 Å². The second-order valence-corrected chi connectivity index (χ2v) is 5.28. The Morgan fingerprint density at radius 2 is 2.25 bits per heavy atom. The van der Waals surface area contributed by atoms with Gasteiger partial charge in [0.05, 0.1) is 32.5 Å². The summed E-state index contributed by atoms with van der Waals surface area (Å²) in [7, 11) is 3.11. The van der Waals surface area contributed by atoms with E-state index in [1.165, 1.54) is 7.11 Å². The van der Waals surface area contributed by atoms with E-state index in [9.17, 15) is 4.79 Å². The molecule has 2 rings (SSSR count). The Labute approximate surface area is 126 Å². The van der Waals surface area contributed by atoms with Crippen LogP contribution in [0.25, 0.3) is 0 Å². The Morgan fingerprint density at radius 1 is 1.45 bits per heavy atom. The number of nitrogens with one attached hydrogen (secondary N) is 1. The third-order valence-electron chi connectivity index (χ3n) is 3.20. The van der Waals surface area contributed by atoms with Crippen molar-refractivity contribution in [2.45, 2.75) is 12.5 Å². The average molecular weight is 344 g/mol. The fourth-order valence-corrected chi connectivity index (χ4v) is 2.85. The summed E-state index contributed by atoms with van der Waals surface area (Å²) in [5, 5.41) is 3.21. The summed E-state index contributed by atoms with van der Waals surface area (Å²) in [6, 6.07) is 3.47. The third kappa shape index (κ3) is 3.31. The van der Waals surface area contributed by atoms with E-state index >= 15 is 0 Å². The highest BCUT2D eigenvalue weighted by atomic mass is 79.9. The van der Waals surface area contributed by atoms with Gasteiger partial charge in [-0.2, -0.15) is 0 Å². The minimum Gasteiger partial charge on any atom is -0.495 e. The number of Topliss-reactive ketones (excluding diaryl/α,β-unsaturated/α-hetero) is 1. The topological polar surface area (TPSA) is 56.8 Å². The van der Waals surface area contributed by atoms with E-state index in [1.807, 2.05) is 0 Å². The van der Waals surface area contributed by atoms with Crippen molar-refractivity contribution in [1.29, 1.82) is 0 Å². The maximum Gasteiger partial charge on any atom is 0.169 e. The summed E-state index contributed by atoms with van der Waals surface area (Å²) < 4.78 is 16.7. The number of carbonyl (C=O) groups excluding carboxylic acids is 1. The van der Waals surface area contributed by atoms with E-state index in [0.29, 0.717) is 41.1 Å². The Hall–Kier alpha value is -1.11. The van der Waals surface area contributed by atoms with Gasteiger partial charge in [0.25, 0.3) is 0 Å². The molecule has 1 aromatic carbocycles. The van der Waals surface area contributed by atoms with Gasteiger partial charge in [-0.3, -0.25) is 4.79 Å². The number of benzene rings is 1. The lowest BCUT2D eigenvalue weighted by molar-refractivity contribution is 0.0239. The Balaban J connectivity index is 2.18. The van der Waals surface area contributed by atoms with Crippen LogP contribution in [0.1, 0.15) is 16.8 Å². The molecule has 20 heavy (non-hydrogen) atoms. The van der Waals surface area contributed by atoms with Crippen molar-refractivity contribution in [1.82, 2.24) is 5.32 Å². The van der Waals surface area contributed by atoms with Gasteiger partial charge in [0.2, 0.25) is 0 Å². The Bertz CT molecular complexity index is 486. The van der Waals surface area contributed by atoms with Crippen LogP contribution >= 0.6 is 15.9 Å². The monoisotopic (exact) mass is 343 g/mol. The molecule has 0 spiro atoms. The number of methoxy groups -OCH3 is 2. The molecule has 0 radical (unpaired) electrons. The van der Waals surface area contributed by atoms with Crippen molar-refractivity contribution < 1.29 is 19.0 Å². The quantitative estimate of drug-likeness (QED) is 0.829. The fourth-order valence-electron chi connectivity index (χ4n) is 2.18. The molecule has 0 bridgehead atoms. The van der Waals surface area contributed by atoms with Crippen molar-refractivity contribution in [2.24, 2.45) is 0 Å². The fraction of sp³-hybridized carbons (Fsp3) is 0.500. The summed E-state index contributed by atoms with van der Waals surface area (Å²) >= 11 is 3.40. The van der Waals surface area contributed by atoms with Crippen LogP contribution in [0.2, 0.25) is 0 Å². The third-order valence-corrected chi connectivity index (χ3v) is 3.95. The first-order valence-corrected chi connectivity index (χ1v) is 7.22. The van der Waals surface area contributed by atoms with E-state index in [2.05, 4.69) is 21.2 Å². The minimum atomic E-state index is -0.0816. The largest absolute Gasteiger partial charge is 0.495 e. The van der Waals surface area contributed by atoms with Gasteiger partial charge in [-0.1, -0.05) is 0 Å². The number of ether oxygens (including phenoxy) is 3. The molecule has 0 aromatic heterocycles. The zero-order valence-corrected chi connectivity index (χ0v) is 13.2. The molecule has 1 unspecified atom stereocenters. The zero-order chi connectivity index (χ0) is 14.5. The highest BCUT2D eigenvalue weighted by molar-refractivity contribution is 9.10. The van der Waals surface area contributed by atoms with Gasteiger partial charge >= 0.3 is 0 Å². The molecule has 1 heterocycles. The maximum atomic E-state index is 12.4. The van der Waals surface area contributed by atoms with Crippen molar-refractivity contribution in [3.8, 4) is 11.5 Å². The number of hydrogen-bond acceptors (Lipinski definition) is 5. The van der Waals surface area contributed by atoms with Crippen LogP contribution in [0.15, 0.2) is 16.6 Å². The van der Waals surface area contributed by atoms with Crippen LogP contribution in [0.5, 0.6) is 11.5 Å². The summed E-state index contributed by atoms with van der Waals surface area (Å²) in [6.45, 7) is 2.18. The molecule has 1 aromatic rings. The molecular weight excluding hydrogens is 326 g/mol. The summed E-state index contributed by atoms with van der Waals surface area (Å²) in [6.07, 6.45) is 0.254. The first-order valence-electron chi connectivity index (χ1n) is 6.43. The van der Waals surface area contributed by atoms with Crippen LogP contribution in [0, 0.1) is 0 Å². The van der Waals surface area contributed by atoms with Crippen LogP contribution in [-0.2, 0) is 4.74 Å². The van der Waals surface area contributed by atoms with Gasteiger partial charge in [0, 0.05) is 19.5 Å². The highest BCUT2D eigenvalue weighted by Crippen LogP contribution is 2.37. The molecule has 6 heteroatoms. The van der Waals surface area contributed by atoms with Crippen molar-refractivity contribution in [2.75, 3.05) is 33.9 Å². The lowest BCUT2D eigenvalue weighted by Crippen LogP contribution is -2.39. The molecule has 0 aliphatic carbocycles. The predicted molar refractivity (Wildman–Crippen MR) is 78.8 cm³/mol. The number of rotatable bonds is 5. The molecule has 1 aliphatic rings. The first-order chi connectivity index (χ1) is 9.67. The molecule has 110 valence electrons. The second kappa shape index (κ2) is 7.06. The van der Waals surface area contributed by atoms with Gasteiger partial charge in [0.1, 0.15) is 16.0 Å². The Morgan fingerprint density at radius 3 is 2.85 bits per heavy atom. The van der Waals surface area contributed by atoms with Gasteiger partial charge in [-0.05, 0) is 28.1 Å². The first kappa shape index (κ1) is 15.3. The highest BCUT2D eigenvalue weighted by Gasteiger charge is 2.23. The van der Waals surface area contributed by atoms with E-state index in [4.69, 9.17) is 14.2 Å². The van der Waals surface area contributed by atoms with Crippen LogP contribution in [0.4, 0.5) is 0 Å². The summed E-state index contributed by atoms with van der Waals surface area (Å²) in [5.74, 6) is 1.13. The number of morpholine rings is 1. The molecule has 1 saturated heterocycles. The van der Waals surface area contributed by atoms with Gasteiger partial charge < -0.3 is 19.5 Å². The molecule has 1 aliphatic heterocycles. The van der Waals surface area contributed by atoms with Gasteiger partial charge in [-0.25, -0.2) is 0 Å². The molecule has 1 atom stereocenters. The second-order valence-electron chi connectivity index (χ2n) is 4.49. The van der Waals surface area contributed by atoms with Gasteiger partial charge in [0.15, 0.2) is 5.78 Å². The minimum absolute atomic E-state index is 0.00102. The number of hydrogen-bond donors (Lipinski definition) is 1. The molecule has 0 amide bonds. The predicted octanol–water partition coefficient (Wildman–Crippen LogP) is 2.03. The summed E-state index contributed by atoms with van der Waals surface area (Å²) in [4.78, 5) is 12.4. The normalized spacial score (nSPS) is 18.6. The van der Waals surface area contributed by atoms with Crippen molar-refractivity contribution in [3.63, 3.8) is 0 Å². The number of carbonyl (C=O) groups is 1. The van der Waals surface area contributed by atoms with Gasteiger partial charge in [-0.15, -0.1) is 0 Å². The molecular formula is C14H18BrNO4. The molecule has 0 saturated carbocycles. The van der Waals surface area contributed by atoms with Crippen LogP contribution in [0.3, 0.4) is 0 Å². The van der Waals surface area contributed by atoms with Crippen molar-refractivity contribution >= 4 is 21.7 Å². The molecule has 1 fully saturated rings. The molecule has 1 N–H and O–H groups in total. The zero-order valence-electron chi connectivity index (χ0n) is 11.6. The summed E-state index contributed by atoms with van der Waals surface area (Å²) in [5.41, 5.74) is 0.536. The number of halogens is 1. The van der Waals surface area contributed by atoms with Crippen LogP contribution < -0.4 is 14.8 Å². The average Bonchev–Trinajstić information content (AvgIpc) is 2.47. The van der Waals surface area contributed by atoms with E-state index in [-0.39, 0.29) is 11.9 Å². The van der Waals surface area contributed by atoms with E-state index in [1.54, 1.807) is 19.2 Å². The SMILES string of the molecule is COc1ccc(C(=O)CC2CNCCO2)c(OC)c1Br. The lowest BCUT2D eigenvalue weighted by Gasteiger charge is -2.23.